The average Bonchev–Trinajstić information content (AvgIpc) is 3.25. The van der Waals surface area contributed by atoms with Crippen LogP contribution in [-0.4, -0.2) is 23.4 Å². The molecular weight excluding hydrogens is 472 g/mol. The van der Waals surface area contributed by atoms with Crippen molar-refractivity contribution in [1.82, 2.24) is 0 Å². The Bertz CT molecular complexity index is 1380. The fourth-order valence-corrected chi connectivity index (χ4v) is 6.85. The number of fused-ring (bicyclic) bond motifs is 2. The lowest BCUT2D eigenvalue weighted by atomic mass is 9.81. The third kappa shape index (κ3) is 4.24. The van der Waals surface area contributed by atoms with Crippen molar-refractivity contribution in [3.8, 4) is 0 Å². The van der Waals surface area contributed by atoms with Gasteiger partial charge >= 0.3 is 0 Å². The number of allylic oxidation sites excluding steroid dienone is 8. The quantitative estimate of drug-likeness (QED) is 0.363. The fraction of sp³-hybridized carbons (Fsp3) is 0.382. The number of para-hydroxylation sites is 2. The van der Waals surface area contributed by atoms with Gasteiger partial charge in [0, 0.05) is 46.1 Å². The number of hydrogen-bond acceptors (Lipinski definition) is 1. The van der Waals surface area contributed by atoms with Gasteiger partial charge in [-0.2, -0.15) is 4.58 Å². The molecule has 3 aliphatic rings. The van der Waals surface area contributed by atoms with E-state index in [1.165, 1.54) is 45.1 Å². The Kier molecular flexibility index (Phi) is 6.83. The van der Waals surface area contributed by atoms with Crippen LogP contribution in [0.15, 0.2) is 94.7 Å². The number of benzene rings is 2. The van der Waals surface area contributed by atoms with Crippen LogP contribution >= 0.6 is 11.6 Å². The van der Waals surface area contributed by atoms with E-state index < -0.39 is 0 Å². The van der Waals surface area contributed by atoms with E-state index in [1.54, 1.807) is 0 Å². The van der Waals surface area contributed by atoms with Crippen LogP contribution in [0, 0.1) is 0 Å². The van der Waals surface area contributed by atoms with Crippen molar-refractivity contribution in [1.29, 1.82) is 0 Å². The fourth-order valence-electron chi connectivity index (χ4n) is 6.53. The standard InChI is InChI=1S/C34H40ClN2/c1-7-36-28-18-11-9-16-26(28)33(3,4)30(36)22-20-24-14-13-15-25(32(24)35)21-23-31-34(5,6)27-17-10-12-19-29(27)37(31)8-2/h9-12,16-23H,7-8,13-15H2,1-6H3/q+1. The van der Waals surface area contributed by atoms with Gasteiger partial charge in [0.2, 0.25) is 5.69 Å². The van der Waals surface area contributed by atoms with Crippen LogP contribution in [0.1, 0.15) is 71.9 Å². The predicted octanol–water partition coefficient (Wildman–Crippen LogP) is 8.94. The van der Waals surface area contributed by atoms with Gasteiger partial charge in [0.05, 0.1) is 5.41 Å². The van der Waals surface area contributed by atoms with Crippen molar-refractivity contribution in [2.75, 3.05) is 18.0 Å². The van der Waals surface area contributed by atoms with Crippen molar-refractivity contribution in [2.45, 2.75) is 71.6 Å². The van der Waals surface area contributed by atoms with E-state index in [4.69, 9.17) is 11.6 Å². The summed E-state index contributed by atoms with van der Waals surface area (Å²) in [7, 11) is 0. The summed E-state index contributed by atoms with van der Waals surface area (Å²) in [6.07, 6.45) is 12.4. The summed E-state index contributed by atoms with van der Waals surface area (Å²) in [5.74, 6) is 0. The first-order valence-corrected chi connectivity index (χ1v) is 14.2. The molecule has 0 bridgehead atoms. The van der Waals surface area contributed by atoms with E-state index in [0.29, 0.717) is 0 Å². The molecule has 0 N–H and O–H groups in total. The largest absolute Gasteiger partial charge is 0.344 e. The zero-order valence-corrected chi connectivity index (χ0v) is 24.0. The number of anilines is 1. The Morgan fingerprint density at radius 3 is 2.30 bits per heavy atom. The minimum absolute atomic E-state index is 0.0272. The third-order valence-electron chi connectivity index (χ3n) is 8.57. The molecule has 2 aromatic rings. The lowest BCUT2D eigenvalue weighted by Gasteiger charge is -2.26. The van der Waals surface area contributed by atoms with E-state index in [1.807, 2.05) is 0 Å². The van der Waals surface area contributed by atoms with Gasteiger partial charge in [0.15, 0.2) is 5.71 Å². The molecule has 0 aromatic heterocycles. The summed E-state index contributed by atoms with van der Waals surface area (Å²) >= 11 is 7.07. The van der Waals surface area contributed by atoms with Gasteiger partial charge in [-0.1, -0.05) is 74.0 Å². The molecule has 0 amide bonds. The third-order valence-corrected chi connectivity index (χ3v) is 9.06. The second-order valence-corrected chi connectivity index (χ2v) is 11.8. The zero-order valence-electron chi connectivity index (χ0n) is 23.2. The van der Waals surface area contributed by atoms with E-state index in [-0.39, 0.29) is 10.8 Å². The number of rotatable bonds is 5. The SMILES string of the molecule is CCN1/C(=C/C=C2\CCCC(/C=C/C3=[N+](CC)c4ccccc4C3(C)C)=C2Cl)C(C)(C)c2ccccc21. The lowest BCUT2D eigenvalue weighted by Crippen LogP contribution is -2.27. The van der Waals surface area contributed by atoms with E-state index in [9.17, 15) is 0 Å². The normalized spacial score (nSPS) is 22.5. The summed E-state index contributed by atoms with van der Waals surface area (Å²) in [6.45, 7) is 15.7. The molecule has 2 aliphatic heterocycles. The summed E-state index contributed by atoms with van der Waals surface area (Å²) in [4.78, 5) is 2.45. The maximum absolute atomic E-state index is 7.07. The Balaban J connectivity index is 1.48. The van der Waals surface area contributed by atoms with Crippen LogP contribution in [-0.2, 0) is 10.8 Å². The number of likely N-dealkylation sites (N-methyl/N-ethyl adjacent to an activating group) is 1. The molecule has 0 radical (unpaired) electrons. The Morgan fingerprint density at radius 2 is 1.57 bits per heavy atom. The summed E-state index contributed by atoms with van der Waals surface area (Å²) in [5.41, 5.74) is 10.6. The second-order valence-electron chi connectivity index (χ2n) is 11.4. The molecule has 3 heteroatoms. The average molecular weight is 512 g/mol. The van der Waals surface area contributed by atoms with Crippen LogP contribution < -0.4 is 4.90 Å². The molecule has 0 spiro atoms. The second kappa shape index (κ2) is 9.80. The molecule has 5 rings (SSSR count). The van der Waals surface area contributed by atoms with Gasteiger partial charge in [-0.05, 0) is 75.8 Å². The van der Waals surface area contributed by atoms with Crippen molar-refractivity contribution >= 4 is 28.7 Å². The molecule has 0 atom stereocenters. The molecule has 2 heterocycles. The first kappa shape index (κ1) is 25.8. The Hall–Kier alpha value is -2.84. The highest BCUT2D eigenvalue weighted by Gasteiger charge is 2.43. The van der Waals surface area contributed by atoms with E-state index in [2.05, 4.69) is 124 Å². The van der Waals surface area contributed by atoms with Crippen molar-refractivity contribution in [2.24, 2.45) is 0 Å². The highest BCUT2D eigenvalue weighted by atomic mass is 35.5. The van der Waals surface area contributed by atoms with Gasteiger partial charge in [-0.15, -0.1) is 0 Å². The molecule has 192 valence electrons. The van der Waals surface area contributed by atoms with Gasteiger partial charge in [-0.3, -0.25) is 0 Å². The molecule has 0 fully saturated rings. The smallest absolute Gasteiger partial charge is 0.209 e. The minimum Gasteiger partial charge on any atom is -0.344 e. The number of hydrogen-bond donors (Lipinski definition) is 0. The summed E-state index contributed by atoms with van der Waals surface area (Å²) < 4.78 is 2.45. The molecule has 0 saturated carbocycles. The van der Waals surface area contributed by atoms with Crippen LogP contribution in [0.4, 0.5) is 11.4 Å². The molecule has 0 unspecified atom stereocenters. The minimum atomic E-state index is -0.0272. The number of halogens is 1. The van der Waals surface area contributed by atoms with Crippen LogP contribution in [0.5, 0.6) is 0 Å². The Morgan fingerprint density at radius 1 is 0.865 bits per heavy atom. The maximum Gasteiger partial charge on any atom is 0.209 e. The van der Waals surface area contributed by atoms with Gasteiger partial charge < -0.3 is 4.90 Å². The highest BCUT2D eigenvalue weighted by molar-refractivity contribution is 6.32. The molecular formula is C34H40ClN2+. The van der Waals surface area contributed by atoms with Crippen LogP contribution in [0.3, 0.4) is 0 Å². The maximum atomic E-state index is 7.07. The molecule has 2 nitrogen and oxygen atoms in total. The summed E-state index contributed by atoms with van der Waals surface area (Å²) in [6, 6.07) is 17.6. The molecule has 2 aromatic carbocycles. The molecule has 0 saturated heterocycles. The van der Waals surface area contributed by atoms with Crippen molar-refractivity contribution in [3.63, 3.8) is 0 Å². The first-order valence-electron chi connectivity index (χ1n) is 13.8. The zero-order chi connectivity index (χ0) is 26.4. The first-order chi connectivity index (χ1) is 17.7. The van der Waals surface area contributed by atoms with Gasteiger partial charge in [0.25, 0.3) is 0 Å². The highest BCUT2D eigenvalue weighted by Crippen LogP contribution is 2.47. The topological polar surface area (TPSA) is 6.25 Å². The van der Waals surface area contributed by atoms with Crippen LogP contribution in [0.25, 0.3) is 0 Å². The van der Waals surface area contributed by atoms with Crippen LogP contribution in [0.2, 0.25) is 0 Å². The molecule has 37 heavy (non-hydrogen) atoms. The van der Waals surface area contributed by atoms with Crippen molar-refractivity contribution in [3.05, 3.63) is 106 Å². The van der Waals surface area contributed by atoms with Gasteiger partial charge in [0.1, 0.15) is 6.54 Å². The van der Waals surface area contributed by atoms with Crippen molar-refractivity contribution < 1.29 is 4.58 Å². The van der Waals surface area contributed by atoms with E-state index in [0.717, 1.165) is 37.4 Å². The number of nitrogens with zero attached hydrogens (tertiary/aromatic N) is 2. The van der Waals surface area contributed by atoms with E-state index >= 15 is 0 Å². The monoisotopic (exact) mass is 511 g/mol. The predicted molar refractivity (Wildman–Crippen MR) is 159 cm³/mol. The summed E-state index contributed by atoms with van der Waals surface area (Å²) in [5, 5.41) is 0.924. The Labute approximate surface area is 228 Å². The lowest BCUT2D eigenvalue weighted by molar-refractivity contribution is -0.433. The molecule has 1 aliphatic carbocycles. The van der Waals surface area contributed by atoms with Gasteiger partial charge in [-0.25, -0.2) is 0 Å².